The van der Waals surface area contributed by atoms with Gasteiger partial charge in [0.05, 0.1) is 36.3 Å². The molecule has 198 valence electrons. The maximum Gasteiger partial charge on any atom is 0.409 e. The summed E-state index contributed by atoms with van der Waals surface area (Å²) in [6.07, 6.45) is 0.662. The molecule has 0 aromatic carbocycles. The Morgan fingerprint density at radius 2 is 2.06 bits per heavy atom. The molecule has 2 aromatic rings. The Morgan fingerprint density at radius 3 is 2.72 bits per heavy atom. The quantitative estimate of drug-likeness (QED) is 0.323. The van der Waals surface area contributed by atoms with Gasteiger partial charge in [-0.3, -0.25) is 15.2 Å². The summed E-state index contributed by atoms with van der Waals surface area (Å²) in [5, 5.41) is 23.7. The zero-order valence-electron chi connectivity index (χ0n) is 20.2. The number of amides is 3. The van der Waals surface area contributed by atoms with Gasteiger partial charge in [-0.2, -0.15) is 5.10 Å². The zero-order valence-corrected chi connectivity index (χ0v) is 22.6. The van der Waals surface area contributed by atoms with Crippen molar-refractivity contribution in [2.75, 3.05) is 24.4 Å². The van der Waals surface area contributed by atoms with Crippen LogP contribution in [-0.2, 0) is 20.6 Å². The fourth-order valence-corrected chi connectivity index (χ4v) is 4.96. The van der Waals surface area contributed by atoms with Crippen LogP contribution in [0, 0.1) is 0 Å². The second-order valence-electron chi connectivity index (χ2n) is 9.05. The Morgan fingerprint density at radius 1 is 1.31 bits per heavy atom. The molecular formula is C21H29BrN6O7S. The SMILES string of the molecule is CO[C@H]1CO[C@H](Cc2[nH]ncc2NC(=O)c2nc(Br)sc2NC(=O)O)CC[C@H]1NC(=O)OC(C)(C)C. The van der Waals surface area contributed by atoms with Gasteiger partial charge in [0.2, 0.25) is 0 Å². The van der Waals surface area contributed by atoms with Crippen LogP contribution in [0.4, 0.5) is 20.3 Å². The number of carbonyl (C=O) groups excluding carboxylic acids is 2. The number of aromatic amines is 1. The Bertz CT molecular complexity index is 1090. The molecule has 1 fully saturated rings. The second-order valence-corrected chi connectivity index (χ2v) is 11.3. The smallest absolute Gasteiger partial charge is 0.409 e. The number of hydrogen-bond donors (Lipinski definition) is 5. The summed E-state index contributed by atoms with van der Waals surface area (Å²) in [6, 6.07) is -0.293. The van der Waals surface area contributed by atoms with Crippen LogP contribution < -0.4 is 16.0 Å². The van der Waals surface area contributed by atoms with E-state index >= 15 is 0 Å². The molecule has 1 saturated heterocycles. The third-order valence-electron chi connectivity index (χ3n) is 5.18. The first-order valence-corrected chi connectivity index (χ1v) is 12.7. The van der Waals surface area contributed by atoms with Gasteiger partial charge in [0.25, 0.3) is 5.91 Å². The lowest BCUT2D eigenvalue weighted by molar-refractivity contribution is -0.0236. The molecule has 0 unspecified atom stereocenters. The van der Waals surface area contributed by atoms with Gasteiger partial charge in [0.1, 0.15) is 16.7 Å². The van der Waals surface area contributed by atoms with E-state index < -0.39 is 23.7 Å². The predicted molar refractivity (Wildman–Crippen MR) is 135 cm³/mol. The number of aromatic nitrogens is 3. The van der Waals surface area contributed by atoms with E-state index in [2.05, 4.69) is 47.1 Å². The lowest BCUT2D eigenvalue weighted by Gasteiger charge is -2.26. The molecule has 0 aliphatic carbocycles. The number of halogens is 1. The first-order chi connectivity index (χ1) is 16.9. The molecule has 0 spiro atoms. The lowest BCUT2D eigenvalue weighted by atomic mass is 10.0. The van der Waals surface area contributed by atoms with E-state index in [1.807, 2.05) is 0 Å². The molecule has 2 aromatic heterocycles. The molecule has 3 rings (SSSR count). The largest absolute Gasteiger partial charge is 0.465 e. The highest BCUT2D eigenvalue weighted by molar-refractivity contribution is 9.11. The van der Waals surface area contributed by atoms with Crippen molar-refractivity contribution in [1.82, 2.24) is 20.5 Å². The van der Waals surface area contributed by atoms with Gasteiger partial charge in [-0.15, -0.1) is 0 Å². The minimum Gasteiger partial charge on any atom is -0.465 e. The van der Waals surface area contributed by atoms with E-state index in [9.17, 15) is 14.4 Å². The fraction of sp³-hybridized carbons (Fsp3) is 0.571. The third kappa shape index (κ3) is 7.88. The van der Waals surface area contributed by atoms with Crippen molar-refractivity contribution in [2.45, 2.75) is 63.9 Å². The van der Waals surface area contributed by atoms with Gasteiger partial charge in [0, 0.05) is 13.5 Å². The number of rotatable bonds is 7. The predicted octanol–water partition coefficient (Wildman–Crippen LogP) is 3.60. The summed E-state index contributed by atoms with van der Waals surface area (Å²) in [7, 11) is 1.56. The molecular weight excluding hydrogens is 560 g/mol. The number of H-pyrrole nitrogens is 1. The zero-order chi connectivity index (χ0) is 26.5. The summed E-state index contributed by atoms with van der Waals surface area (Å²) in [5.74, 6) is -0.591. The van der Waals surface area contributed by atoms with Crippen LogP contribution in [0.15, 0.2) is 10.1 Å². The second kappa shape index (κ2) is 12.0. The monoisotopic (exact) mass is 588 g/mol. The Kier molecular flexibility index (Phi) is 9.27. The highest BCUT2D eigenvalue weighted by Gasteiger charge is 2.31. The van der Waals surface area contributed by atoms with Gasteiger partial charge in [-0.1, -0.05) is 11.3 Å². The first kappa shape index (κ1) is 27.8. The van der Waals surface area contributed by atoms with Crippen LogP contribution in [0.25, 0.3) is 0 Å². The summed E-state index contributed by atoms with van der Waals surface area (Å²) in [4.78, 5) is 40.1. The van der Waals surface area contributed by atoms with Gasteiger partial charge in [0.15, 0.2) is 9.61 Å². The molecule has 15 heteroatoms. The molecule has 3 heterocycles. The molecule has 0 saturated carbocycles. The van der Waals surface area contributed by atoms with Crippen molar-refractivity contribution < 1.29 is 33.7 Å². The molecule has 0 radical (unpaired) electrons. The molecule has 3 amide bonds. The number of methoxy groups -OCH3 is 1. The fourth-order valence-electron chi connectivity index (χ4n) is 3.61. The van der Waals surface area contributed by atoms with Crippen molar-refractivity contribution in [2.24, 2.45) is 0 Å². The van der Waals surface area contributed by atoms with E-state index in [1.165, 1.54) is 6.20 Å². The third-order valence-corrected chi connectivity index (χ3v) is 6.61. The topological polar surface area (TPSA) is 177 Å². The van der Waals surface area contributed by atoms with Gasteiger partial charge in [-0.25, -0.2) is 14.6 Å². The number of carboxylic acid groups (broad SMARTS) is 1. The number of nitrogens with one attached hydrogen (secondary N) is 4. The van der Waals surface area contributed by atoms with E-state index in [1.54, 1.807) is 27.9 Å². The van der Waals surface area contributed by atoms with Crippen LogP contribution in [0.3, 0.4) is 0 Å². The highest BCUT2D eigenvalue weighted by Crippen LogP contribution is 2.30. The standard InChI is InChI=1S/C21H29BrN6O7S/c1-21(2,3)35-20(32)25-11-6-5-10(34-9-14(11)33-4)7-12-13(8-23-28-12)24-16(29)15-17(27-19(30)31)36-18(22)26-15/h8,10-11,14,27H,5-7,9H2,1-4H3,(H,23,28)(H,24,29)(H,25,32)(H,30,31)/t10-,11+,14-/m0/s1. The molecule has 36 heavy (non-hydrogen) atoms. The number of anilines is 2. The van der Waals surface area contributed by atoms with Crippen molar-refractivity contribution in [1.29, 1.82) is 0 Å². The van der Waals surface area contributed by atoms with Gasteiger partial charge in [-0.05, 0) is 49.5 Å². The van der Waals surface area contributed by atoms with E-state index in [0.29, 0.717) is 34.6 Å². The van der Waals surface area contributed by atoms with E-state index in [4.69, 9.17) is 19.3 Å². The van der Waals surface area contributed by atoms with Crippen LogP contribution in [-0.4, -0.2) is 75.9 Å². The summed E-state index contributed by atoms with van der Waals surface area (Å²) >= 11 is 4.15. The van der Waals surface area contributed by atoms with Crippen molar-refractivity contribution in [3.05, 3.63) is 21.5 Å². The van der Waals surface area contributed by atoms with Gasteiger partial charge < -0.3 is 30.0 Å². The lowest BCUT2D eigenvalue weighted by Crippen LogP contribution is -2.46. The summed E-state index contributed by atoms with van der Waals surface area (Å²) < 4.78 is 17.3. The van der Waals surface area contributed by atoms with E-state index in [-0.39, 0.29) is 35.6 Å². The Labute approximate surface area is 219 Å². The van der Waals surface area contributed by atoms with Gasteiger partial charge >= 0.3 is 12.2 Å². The number of thiazole rings is 1. The first-order valence-electron chi connectivity index (χ1n) is 11.1. The Hall–Kier alpha value is -2.75. The molecule has 1 aliphatic rings. The molecule has 5 N–H and O–H groups in total. The number of nitrogens with zero attached hydrogens (tertiary/aromatic N) is 2. The Balaban J connectivity index is 1.63. The van der Waals surface area contributed by atoms with Crippen LogP contribution in [0.5, 0.6) is 0 Å². The minimum absolute atomic E-state index is 0.0638. The molecule has 13 nitrogen and oxygen atoms in total. The van der Waals surface area contributed by atoms with Crippen LogP contribution >= 0.6 is 27.3 Å². The van der Waals surface area contributed by atoms with E-state index in [0.717, 1.165) is 11.3 Å². The average Bonchev–Trinajstić information content (AvgIpc) is 3.29. The number of carbonyl (C=O) groups is 3. The minimum atomic E-state index is -1.30. The van der Waals surface area contributed by atoms with Crippen LogP contribution in [0.2, 0.25) is 0 Å². The maximum absolute atomic E-state index is 12.8. The highest BCUT2D eigenvalue weighted by atomic mass is 79.9. The molecule has 0 bridgehead atoms. The van der Waals surface area contributed by atoms with Crippen molar-refractivity contribution in [3.8, 4) is 0 Å². The summed E-state index contributed by atoms with van der Waals surface area (Å²) in [5.41, 5.74) is 0.371. The molecule has 1 aliphatic heterocycles. The van der Waals surface area contributed by atoms with Crippen molar-refractivity contribution >= 4 is 56.0 Å². The van der Waals surface area contributed by atoms with Crippen molar-refractivity contribution in [3.63, 3.8) is 0 Å². The average molecular weight is 589 g/mol. The normalized spacial score (nSPS) is 20.3. The molecule has 3 atom stereocenters. The number of hydrogen-bond acceptors (Lipinski definition) is 9. The number of alkyl carbamates (subject to hydrolysis) is 1. The van der Waals surface area contributed by atoms with Crippen LogP contribution in [0.1, 0.15) is 49.8 Å². The number of ether oxygens (including phenoxy) is 3. The summed E-state index contributed by atoms with van der Waals surface area (Å²) in [6.45, 7) is 5.65. The maximum atomic E-state index is 12.8.